The molecule has 0 amide bonds. The van der Waals surface area contributed by atoms with Crippen molar-refractivity contribution in [1.29, 1.82) is 0 Å². The van der Waals surface area contributed by atoms with Gasteiger partial charge in [0.15, 0.2) is 0 Å². The van der Waals surface area contributed by atoms with Gasteiger partial charge < -0.3 is 0 Å². The summed E-state index contributed by atoms with van der Waals surface area (Å²) in [6, 6.07) is 3.45. The van der Waals surface area contributed by atoms with Gasteiger partial charge in [0.2, 0.25) is 0 Å². The van der Waals surface area contributed by atoms with Crippen molar-refractivity contribution in [2.45, 2.75) is 13.3 Å². The molecule has 1 aromatic carbocycles. The van der Waals surface area contributed by atoms with Gasteiger partial charge in [0.25, 0.3) is 0 Å². The van der Waals surface area contributed by atoms with E-state index in [1.807, 2.05) is 6.92 Å². The van der Waals surface area contributed by atoms with Crippen molar-refractivity contribution in [1.82, 2.24) is 10.2 Å². The topological polar surface area (TPSA) is 28.7 Å². The molecule has 0 aliphatic rings. The van der Waals surface area contributed by atoms with E-state index in [9.17, 15) is 4.39 Å². The van der Waals surface area contributed by atoms with E-state index in [4.69, 9.17) is 0 Å². The maximum atomic E-state index is 13.6. The fraction of sp³-hybridized carbons (Fsp3) is 0.222. The standard InChI is InChI=1S/C9H8BrFN2/c1-2-6-8-7(13-12-6)4-3-5(10)9(8)11/h3-4H,2H2,1H3,(H,12,13). The molecule has 0 spiro atoms. The van der Waals surface area contributed by atoms with Crippen LogP contribution in [0, 0.1) is 5.82 Å². The van der Waals surface area contributed by atoms with E-state index < -0.39 is 0 Å². The third-order valence-electron chi connectivity index (χ3n) is 2.04. The van der Waals surface area contributed by atoms with Crippen molar-refractivity contribution in [3.8, 4) is 0 Å². The molecule has 2 nitrogen and oxygen atoms in total. The number of rotatable bonds is 1. The molecule has 0 bridgehead atoms. The first kappa shape index (κ1) is 8.69. The number of hydrogen-bond donors (Lipinski definition) is 1. The van der Waals surface area contributed by atoms with Crippen molar-refractivity contribution in [3.63, 3.8) is 0 Å². The lowest BCUT2D eigenvalue weighted by Gasteiger charge is -1.96. The molecule has 0 radical (unpaired) electrons. The summed E-state index contributed by atoms with van der Waals surface area (Å²) in [7, 11) is 0. The SMILES string of the molecule is CCc1[nH]nc2ccc(Br)c(F)c12. The number of H-pyrrole nitrogens is 1. The Morgan fingerprint density at radius 2 is 2.31 bits per heavy atom. The minimum Gasteiger partial charge on any atom is -0.281 e. The zero-order valence-electron chi connectivity index (χ0n) is 7.06. The second-order valence-electron chi connectivity index (χ2n) is 2.81. The van der Waals surface area contributed by atoms with E-state index in [1.165, 1.54) is 0 Å². The first-order chi connectivity index (χ1) is 6.24. The van der Waals surface area contributed by atoms with Gasteiger partial charge in [0.05, 0.1) is 15.4 Å². The number of hydrogen-bond acceptors (Lipinski definition) is 1. The largest absolute Gasteiger partial charge is 0.281 e. The molecule has 0 fully saturated rings. The van der Waals surface area contributed by atoms with E-state index in [0.29, 0.717) is 15.4 Å². The highest BCUT2D eigenvalue weighted by atomic mass is 79.9. The number of aryl methyl sites for hydroxylation is 1. The van der Waals surface area contributed by atoms with E-state index in [1.54, 1.807) is 12.1 Å². The summed E-state index contributed by atoms with van der Waals surface area (Å²) < 4.78 is 14.1. The first-order valence-electron chi connectivity index (χ1n) is 4.05. The zero-order chi connectivity index (χ0) is 9.42. The quantitative estimate of drug-likeness (QED) is 0.819. The molecule has 0 aliphatic heterocycles. The summed E-state index contributed by atoms with van der Waals surface area (Å²) in [4.78, 5) is 0. The molecule has 13 heavy (non-hydrogen) atoms. The summed E-state index contributed by atoms with van der Waals surface area (Å²) in [5, 5.41) is 7.42. The fourth-order valence-corrected chi connectivity index (χ4v) is 1.69. The smallest absolute Gasteiger partial charge is 0.148 e. The second-order valence-corrected chi connectivity index (χ2v) is 3.67. The van der Waals surface area contributed by atoms with Crippen LogP contribution >= 0.6 is 15.9 Å². The van der Waals surface area contributed by atoms with Gasteiger partial charge in [-0.1, -0.05) is 6.92 Å². The summed E-state index contributed by atoms with van der Waals surface area (Å²) in [6.07, 6.45) is 0.754. The molecule has 0 unspecified atom stereocenters. The normalized spacial score (nSPS) is 11.0. The van der Waals surface area contributed by atoms with E-state index in [-0.39, 0.29) is 5.82 Å². The van der Waals surface area contributed by atoms with Crippen molar-refractivity contribution in [3.05, 3.63) is 28.1 Å². The third-order valence-corrected chi connectivity index (χ3v) is 2.65. The van der Waals surface area contributed by atoms with Crippen LogP contribution in [-0.2, 0) is 6.42 Å². The lowest BCUT2D eigenvalue weighted by Crippen LogP contribution is -1.84. The Kier molecular flexibility index (Phi) is 2.07. The average molecular weight is 243 g/mol. The molecule has 68 valence electrons. The van der Waals surface area contributed by atoms with Crippen LogP contribution in [0.15, 0.2) is 16.6 Å². The van der Waals surface area contributed by atoms with Crippen molar-refractivity contribution >= 4 is 26.8 Å². The Hall–Kier alpha value is -0.900. The molecule has 1 heterocycles. The summed E-state index contributed by atoms with van der Waals surface area (Å²) in [5.74, 6) is -0.233. The van der Waals surface area contributed by atoms with Crippen LogP contribution in [-0.4, -0.2) is 10.2 Å². The van der Waals surface area contributed by atoms with Gasteiger partial charge in [-0.2, -0.15) is 5.10 Å². The Bertz CT molecular complexity index is 450. The van der Waals surface area contributed by atoms with Gasteiger partial charge in [-0.3, -0.25) is 5.10 Å². The van der Waals surface area contributed by atoms with Crippen LogP contribution in [0.4, 0.5) is 4.39 Å². The van der Waals surface area contributed by atoms with Gasteiger partial charge >= 0.3 is 0 Å². The van der Waals surface area contributed by atoms with Crippen LogP contribution in [0.25, 0.3) is 10.9 Å². The van der Waals surface area contributed by atoms with Crippen LogP contribution < -0.4 is 0 Å². The molecule has 1 aromatic heterocycles. The number of aromatic nitrogens is 2. The van der Waals surface area contributed by atoms with Crippen LogP contribution in [0.3, 0.4) is 0 Å². The summed E-state index contributed by atoms with van der Waals surface area (Å²) >= 11 is 3.15. The van der Waals surface area contributed by atoms with Crippen molar-refractivity contribution < 1.29 is 4.39 Å². The molecular formula is C9H8BrFN2. The number of nitrogens with one attached hydrogen (secondary N) is 1. The Morgan fingerprint density at radius 3 is 3.00 bits per heavy atom. The molecule has 0 atom stereocenters. The van der Waals surface area contributed by atoms with Crippen LogP contribution in [0.5, 0.6) is 0 Å². The minimum atomic E-state index is -0.233. The second kappa shape index (κ2) is 3.10. The monoisotopic (exact) mass is 242 g/mol. The molecule has 0 saturated carbocycles. The Balaban J connectivity index is 2.85. The van der Waals surface area contributed by atoms with E-state index in [2.05, 4.69) is 26.1 Å². The number of nitrogens with zero attached hydrogens (tertiary/aromatic N) is 1. The van der Waals surface area contributed by atoms with Gasteiger partial charge in [-0.05, 0) is 34.5 Å². The first-order valence-corrected chi connectivity index (χ1v) is 4.84. The third kappa shape index (κ3) is 1.25. The van der Waals surface area contributed by atoms with Crippen molar-refractivity contribution in [2.75, 3.05) is 0 Å². The number of halogens is 2. The lowest BCUT2D eigenvalue weighted by atomic mass is 10.2. The number of aromatic amines is 1. The minimum absolute atomic E-state index is 0.233. The van der Waals surface area contributed by atoms with Gasteiger partial charge in [-0.25, -0.2) is 4.39 Å². The summed E-state index contributed by atoms with van der Waals surface area (Å²) in [5.41, 5.74) is 1.52. The highest BCUT2D eigenvalue weighted by Gasteiger charge is 2.11. The van der Waals surface area contributed by atoms with Gasteiger partial charge in [0, 0.05) is 5.69 Å². The maximum Gasteiger partial charge on any atom is 0.148 e. The maximum absolute atomic E-state index is 13.6. The van der Waals surface area contributed by atoms with Crippen LogP contribution in [0.2, 0.25) is 0 Å². The molecule has 2 rings (SSSR count). The highest BCUT2D eigenvalue weighted by molar-refractivity contribution is 9.10. The van der Waals surface area contributed by atoms with Crippen LogP contribution in [0.1, 0.15) is 12.6 Å². The van der Waals surface area contributed by atoms with E-state index >= 15 is 0 Å². The number of fused-ring (bicyclic) bond motifs is 1. The van der Waals surface area contributed by atoms with Crippen molar-refractivity contribution in [2.24, 2.45) is 0 Å². The zero-order valence-corrected chi connectivity index (χ0v) is 8.65. The number of benzene rings is 1. The van der Waals surface area contributed by atoms with E-state index in [0.717, 1.165) is 12.1 Å². The molecule has 4 heteroatoms. The lowest BCUT2D eigenvalue weighted by molar-refractivity contribution is 0.632. The highest BCUT2D eigenvalue weighted by Crippen LogP contribution is 2.26. The molecule has 1 N–H and O–H groups in total. The Labute approximate surface area is 83.3 Å². The summed E-state index contributed by atoms with van der Waals surface area (Å²) in [6.45, 7) is 1.97. The fourth-order valence-electron chi connectivity index (χ4n) is 1.36. The predicted octanol–water partition coefficient (Wildman–Crippen LogP) is 3.03. The Morgan fingerprint density at radius 1 is 1.54 bits per heavy atom. The molecule has 2 aromatic rings. The molecule has 0 aliphatic carbocycles. The molecule has 0 saturated heterocycles. The predicted molar refractivity (Wildman–Crippen MR) is 53.1 cm³/mol. The molecular weight excluding hydrogens is 235 g/mol. The average Bonchev–Trinajstić information content (AvgIpc) is 2.55. The van der Waals surface area contributed by atoms with Gasteiger partial charge in [0.1, 0.15) is 5.82 Å². The van der Waals surface area contributed by atoms with Gasteiger partial charge in [-0.15, -0.1) is 0 Å².